The topological polar surface area (TPSA) is 86.6 Å². The number of aliphatic hydroxyl groups excluding tert-OH is 1. The second-order valence-corrected chi connectivity index (χ2v) is 3.55. The molecule has 1 aromatic rings. The zero-order valence-electron chi connectivity index (χ0n) is 8.18. The van der Waals surface area contributed by atoms with Crippen molar-refractivity contribution in [3.8, 4) is 0 Å². The van der Waals surface area contributed by atoms with Crippen molar-refractivity contribution < 1.29 is 19.8 Å². The van der Waals surface area contributed by atoms with Gasteiger partial charge in [-0.3, -0.25) is 9.59 Å². The molecule has 0 saturated carbocycles. The van der Waals surface area contributed by atoms with Crippen molar-refractivity contribution >= 4 is 29.2 Å². The van der Waals surface area contributed by atoms with Crippen molar-refractivity contribution in [1.29, 1.82) is 0 Å². The monoisotopic (exact) mass is 243 g/mol. The van der Waals surface area contributed by atoms with Gasteiger partial charge in [0.1, 0.15) is 6.10 Å². The number of aliphatic hydroxyl groups is 1. The number of carboxylic acid groups (broad SMARTS) is 1. The molecule has 0 spiro atoms. The molecule has 0 bridgehead atoms. The lowest BCUT2D eigenvalue weighted by Crippen LogP contribution is -2.29. The fraction of sp³-hybridized carbons (Fsp3) is 0.200. The summed E-state index contributed by atoms with van der Waals surface area (Å²) in [4.78, 5) is 21.5. The highest BCUT2D eigenvalue weighted by Crippen LogP contribution is 2.13. The van der Waals surface area contributed by atoms with Crippen LogP contribution in [0.1, 0.15) is 6.42 Å². The molecule has 86 valence electrons. The summed E-state index contributed by atoms with van der Waals surface area (Å²) in [7, 11) is 0. The summed E-state index contributed by atoms with van der Waals surface area (Å²) >= 11 is 5.64. The van der Waals surface area contributed by atoms with Gasteiger partial charge in [0.15, 0.2) is 0 Å². The molecule has 0 fully saturated rings. The van der Waals surface area contributed by atoms with E-state index in [0.717, 1.165) is 0 Å². The highest BCUT2D eigenvalue weighted by atomic mass is 35.5. The molecule has 0 aliphatic rings. The Morgan fingerprint density at radius 1 is 1.31 bits per heavy atom. The number of rotatable bonds is 4. The molecule has 0 saturated heterocycles. The van der Waals surface area contributed by atoms with Crippen molar-refractivity contribution in [1.82, 2.24) is 0 Å². The van der Waals surface area contributed by atoms with Gasteiger partial charge in [0, 0.05) is 10.7 Å². The summed E-state index contributed by atoms with van der Waals surface area (Å²) < 4.78 is 0. The Kier molecular flexibility index (Phi) is 4.28. The molecule has 1 atom stereocenters. The maximum absolute atomic E-state index is 11.3. The van der Waals surface area contributed by atoms with Gasteiger partial charge >= 0.3 is 5.97 Å². The van der Waals surface area contributed by atoms with Crippen LogP contribution < -0.4 is 5.32 Å². The fourth-order valence-electron chi connectivity index (χ4n) is 1.02. The van der Waals surface area contributed by atoms with Crippen LogP contribution in [-0.2, 0) is 9.59 Å². The predicted molar refractivity (Wildman–Crippen MR) is 58.3 cm³/mol. The summed E-state index contributed by atoms with van der Waals surface area (Å²) in [5.41, 5.74) is 0.443. The van der Waals surface area contributed by atoms with Gasteiger partial charge in [-0.25, -0.2) is 0 Å². The molecule has 16 heavy (non-hydrogen) atoms. The second kappa shape index (κ2) is 5.48. The van der Waals surface area contributed by atoms with Crippen molar-refractivity contribution in [3.05, 3.63) is 29.3 Å². The summed E-state index contributed by atoms with van der Waals surface area (Å²) in [6.07, 6.45) is -2.19. The Balaban J connectivity index is 2.57. The highest BCUT2D eigenvalue weighted by Gasteiger charge is 2.18. The van der Waals surface area contributed by atoms with Crippen LogP contribution in [0.2, 0.25) is 5.02 Å². The van der Waals surface area contributed by atoms with E-state index in [-0.39, 0.29) is 0 Å². The van der Waals surface area contributed by atoms with E-state index in [1.165, 1.54) is 0 Å². The van der Waals surface area contributed by atoms with E-state index in [0.29, 0.717) is 10.7 Å². The highest BCUT2D eigenvalue weighted by molar-refractivity contribution is 6.30. The number of hydrogen-bond acceptors (Lipinski definition) is 3. The van der Waals surface area contributed by atoms with E-state index >= 15 is 0 Å². The van der Waals surface area contributed by atoms with Gasteiger partial charge in [-0.15, -0.1) is 0 Å². The fourth-order valence-corrected chi connectivity index (χ4v) is 1.14. The molecule has 5 nitrogen and oxygen atoms in total. The number of carboxylic acids is 1. The summed E-state index contributed by atoms with van der Waals surface area (Å²) in [6.45, 7) is 0. The van der Waals surface area contributed by atoms with Gasteiger partial charge < -0.3 is 15.5 Å². The van der Waals surface area contributed by atoms with Crippen LogP contribution in [0.5, 0.6) is 0 Å². The Labute approximate surface area is 96.7 Å². The third kappa shape index (κ3) is 3.88. The first-order valence-electron chi connectivity index (χ1n) is 4.45. The minimum atomic E-state index is -1.56. The Morgan fingerprint density at radius 2 is 1.88 bits per heavy atom. The molecular weight excluding hydrogens is 234 g/mol. The molecule has 0 aliphatic heterocycles. The van der Waals surface area contributed by atoms with E-state index in [2.05, 4.69) is 5.32 Å². The lowest BCUT2D eigenvalue weighted by Gasteiger charge is -2.09. The summed E-state index contributed by atoms with van der Waals surface area (Å²) in [5, 5.41) is 20.4. The molecule has 1 unspecified atom stereocenters. The van der Waals surface area contributed by atoms with Crippen LogP contribution in [0.25, 0.3) is 0 Å². The number of halogens is 1. The van der Waals surface area contributed by atoms with Crippen molar-refractivity contribution in [2.75, 3.05) is 5.32 Å². The van der Waals surface area contributed by atoms with Crippen molar-refractivity contribution in [3.63, 3.8) is 0 Å². The van der Waals surface area contributed by atoms with Gasteiger partial charge in [0.05, 0.1) is 6.42 Å². The number of hydrogen-bond donors (Lipinski definition) is 3. The third-order valence-corrected chi connectivity index (χ3v) is 2.03. The minimum Gasteiger partial charge on any atom is -0.481 e. The molecule has 1 aromatic carbocycles. The Bertz CT molecular complexity index is 390. The number of benzene rings is 1. The van der Waals surface area contributed by atoms with Gasteiger partial charge in [-0.05, 0) is 24.3 Å². The van der Waals surface area contributed by atoms with Crippen molar-refractivity contribution in [2.45, 2.75) is 12.5 Å². The molecule has 3 N–H and O–H groups in total. The van der Waals surface area contributed by atoms with E-state index in [1.807, 2.05) is 0 Å². The maximum Gasteiger partial charge on any atom is 0.306 e. The van der Waals surface area contributed by atoms with Crippen LogP contribution in [0, 0.1) is 0 Å². The van der Waals surface area contributed by atoms with Crippen LogP contribution in [0.4, 0.5) is 5.69 Å². The Hall–Kier alpha value is -1.59. The first-order valence-corrected chi connectivity index (χ1v) is 4.83. The van der Waals surface area contributed by atoms with E-state index in [4.69, 9.17) is 16.7 Å². The first kappa shape index (κ1) is 12.5. The van der Waals surface area contributed by atoms with Gasteiger partial charge in [0.25, 0.3) is 5.91 Å². The van der Waals surface area contributed by atoms with Gasteiger partial charge in [0.2, 0.25) is 0 Å². The van der Waals surface area contributed by atoms with E-state index < -0.39 is 24.4 Å². The maximum atomic E-state index is 11.3. The zero-order valence-corrected chi connectivity index (χ0v) is 8.94. The first-order chi connectivity index (χ1) is 7.49. The van der Waals surface area contributed by atoms with E-state index in [1.54, 1.807) is 24.3 Å². The second-order valence-electron chi connectivity index (χ2n) is 3.11. The quantitative estimate of drug-likeness (QED) is 0.739. The molecule has 1 amide bonds. The smallest absolute Gasteiger partial charge is 0.306 e. The molecule has 0 aliphatic carbocycles. The third-order valence-electron chi connectivity index (χ3n) is 1.78. The summed E-state index contributed by atoms with van der Waals surface area (Å²) in [6, 6.07) is 6.24. The van der Waals surface area contributed by atoms with Gasteiger partial charge in [-0.1, -0.05) is 11.6 Å². The molecular formula is C10H10ClNO4. The zero-order chi connectivity index (χ0) is 12.1. The molecule has 0 radical (unpaired) electrons. The largest absolute Gasteiger partial charge is 0.481 e. The van der Waals surface area contributed by atoms with Crippen LogP contribution in [0.15, 0.2) is 24.3 Å². The average Bonchev–Trinajstić information content (AvgIpc) is 2.20. The van der Waals surface area contributed by atoms with Crippen LogP contribution in [0.3, 0.4) is 0 Å². The standard InChI is InChI=1S/C10H10ClNO4/c11-6-1-3-7(4-2-6)12-10(16)8(13)5-9(14)15/h1-4,8,13H,5H2,(H,12,16)(H,14,15). The van der Waals surface area contributed by atoms with Crippen LogP contribution >= 0.6 is 11.6 Å². The lowest BCUT2D eigenvalue weighted by atomic mass is 10.2. The number of carbonyl (C=O) groups is 2. The molecule has 6 heteroatoms. The molecule has 0 aromatic heterocycles. The summed E-state index contributed by atoms with van der Waals surface area (Å²) in [5.74, 6) is -2.00. The number of amides is 1. The number of nitrogens with one attached hydrogen (secondary N) is 1. The van der Waals surface area contributed by atoms with Gasteiger partial charge in [-0.2, -0.15) is 0 Å². The number of carbonyl (C=O) groups excluding carboxylic acids is 1. The predicted octanol–water partition coefficient (Wildman–Crippen LogP) is 1.11. The number of anilines is 1. The average molecular weight is 244 g/mol. The van der Waals surface area contributed by atoms with Crippen LogP contribution in [-0.4, -0.2) is 28.2 Å². The molecule has 0 heterocycles. The van der Waals surface area contributed by atoms with Crippen molar-refractivity contribution in [2.24, 2.45) is 0 Å². The van der Waals surface area contributed by atoms with E-state index in [9.17, 15) is 14.7 Å². The normalized spacial score (nSPS) is 11.9. The molecule has 1 rings (SSSR count). The SMILES string of the molecule is O=C(O)CC(O)C(=O)Nc1ccc(Cl)cc1. The Morgan fingerprint density at radius 3 is 2.38 bits per heavy atom. The lowest BCUT2D eigenvalue weighted by molar-refractivity contribution is -0.142. The number of aliphatic carboxylic acids is 1. The minimum absolute atomic E-state index is 0.443.